The summed E-state index contributed by atoms with van der Waals surface area (Å²) in [5.74, 6) is 0.609. The lowest BCUT2D eigenvalue weighted by Crippen LogP contribution is -2.29. The highest BCUT2D eigenvalue weighted by Crippen LogP contribution is 2.17. The zero-order valence-corrected chi connectivity index (χ0v) is 21.3. The van der Waals surface area contributed by atoms with Crippen molar-refractivity contribution in [2.45, 2.75) is 111 Å². The molecule has 4 heteroatoms. The summed E-state index contributed by atoms with van der Waals surface area (Å²) in [5.41, 5.74) is 6.16. The second kappa shape index (κ2) is 16.4. The molecule has 1 heterocycles. The Hall–Kier alpha value is -2.23. The standard InChI is InChI=1S/C29H46N2O2/c1-4-5-6-7-8-9-10-11-12-13-14-15-16-18-27-19-17-20-28(23-27)33-24-29(32)30-31-25(2)21-22-26(31)3/h17,19-23H,4-16,18,24H2,1-3H3,(H,30,32). The number of ether oxygens (including phenoxy) is 1. The number of hydrogen-bond acceptors (Lipinski definition) is 2. The molecule has 0 saturated heterocycles. The first-order valence-corrected chi connectivity index (χ1v) is 13.3. The van der Waals surface area contributed by atoms with Gasteiger partial charge in [0, 0.05) is 11.4 Å². The molecular formula is C29H46N2O2. The normalized spacial score (nSPS) is 11.0. The Morgan fingerprint density at radius 1 is 0.788 bits per heavy atom. The second-order valence-corrected chi connectivity index (χ2v) is 9.42. The molecule has 0 fully saturated rings. The van der Waals surface area contributed by atoms with Crippen LogP contribution in [-0.2, 0) is 11.2 Å². The highest BCUT2D eigenvalue weighted by Gasteiger charge is 2.07. The molecule has 0 radical (unpaired) electrons. The van der Waals surface area contributed by atoms with Crippen molar-refractivity contribution in [1.29, 1.82) is 0 Å². The van der Waals surface area contributed by atoms with Crippen molar-refractivity contribution in [2.24, 2.45) is 0 Å². The number of aryl methyl sites for hydroxylation is 3. The molecule has 2 rings (SSSR count). The number of nitrogens with zero attached hydrogens (tertiary/aromatic N) is 1. The lowest BCUT2D eigenvalue weighted by molar-refractivity contribution is -0.119. The van der Waals surface area contributed by atoms with Crippen LogP contribution >= 0.6 is 0 Å². The molecule has 4 nitrogen and oxygen atoms in total. The van der Waals surface area contributed by atoms with Gasteiger partial charge in [-0.2, -0.15) is 0 Å². The number of rotatable bonds is 18. The van der Waals surface area contributed by atoms with Crippen molar-refractivity contribution in [3.8, 4) is 5.75 Å². The predicted octanol–water partition coefficient (Wildman–Crippen LogP) is 7.89. The van der Waals surface area contributed by atoms with E-state index >= 15 is 0 Å². The van der Waals surface area contributed by atoms with Crippen LogP contribution in [0.5, 0.6) is 5.75 Å². The van der Waals surface area contributed by atoms with Gasteiger partial charge in [0.2, 0.25) is 0 Å². The summed E-state index contributed by atoms with van der Waals surface area (Å²) in [4.78, 5) is 12.2. The topological polar surface area (TPSA) is 43.3 Å². The van der Waals surface area contributed by atoms with E-state index in [2.05, 4.69) is 24.5 Å². The van der Waals surface area contributed by atoms with E-state index in [1.165, 1.54) is 89.0 Å². The average Bonchev–Trinajstić information content (AvgIpc) is 3.13. The van der Waals surface area contributed by atoms with Crippen LogP contribution in [0.1, 0.15) is 107 Å². The molecule has 0 aliphatic rings. The van der Waals surface area contributed by atoms with E-state index in [-0.39, 0.29) is 12.5 Å². The molecular weight excluding hydrogens is 408 g/mol. The van der Waals surface area contributed by atoms with Gasteiger partial charge in [-0.25, -0.2) is 0 Å². The third kappa shape index (κ3) is 11.5. The van der Waals surface area contributed by atoms with Crippen molar-refractivity contribution >= 4 is 5.91 Å². The van der Waals surface area contributed by atoms with Crippen LogP contribution in [-0.4, -0.2) is 17.2 Å². The number of unbranched alkanes of at least 4 members (excludes halogenated alkanes) is 12. The molecule has 1 aromatic heterocycles. The number of carbonyl (C=O) groups is 1. The van der Waals surface area contributed by atoms with E-state index in [9.17, 15) is 4.79 Å². The Kier molecular flexibility index (Phi) is 13.4. The van der Waals surface area contributed by atoms with Gasteiger partial charge in [-0.15, -0.1) is 0 Å². The van der Waals surface area contributed by atoms with E-state index in [4.69, 9.17) is 4.74 Å². The number of amides is 1. The molecule has 1 N–H and O–H groups in total. The maximum atomic E-state index is 12.2. The summed E-state index contributed by atoms with van der Waals surface area (Å²) >= 11 is 0. The smallest absolute Gasteiger partial charge is 0.276 e. The van der Waals surface area contributed by atoms with Crippen LogP contribution in [0, 0.1) is 13.8 Å². The molecule has 1 amide bonds. The van der Waals surface area contributed by atoms with Gasteiger partial charge in [0.1, 0.15) is 5.75 Å². The molecule has 2 aromatic rings. The number of hydrogen-bond donors (Lipinski definition) is 1. The van der Waals surface area contributed by atoms with Gasteiger partial charge in [-0.05, 0) is 56.5 Å². The number of carbonyl (C=O) groups excluding carboxylic acids is 1. The lowest BCUT2D eigenvalue weighted by atomic mass is 10.0. The highest BCUT2D eigenvalue weighted by molar-refractivity contribution is 5.85. The minimum absolute atomic E-state index is 0.0131. The van der Waals surface area contributed by atoms with E-state index in [0.717, 1.165) is 23.6 Å². The fourth-order valence-electron chi connectivity index (χ4n) is 4.29. The molecule has 33 heavy (non-hydrogen) atoms. The van der Waals surface area contributed by atoms with Gasteiger partial charge in [0.25, 0.3) is 5.91 Å². The Balaban J connectivity index is 1.52. The van der Waals surface area contributed by atoms with Gasteiger partial charge in [-0.1, -0.05) is 96.1 Å². The Morgan fingerprint density at radius 2 is 1.33 bits per heavy atom. The third-order valence-electron chi connectivity index (χ3n) is 6.35. The summed E-state index contributed by atoms with van der Waals surface area (Å²) in [5, 5.41) is 0. The van der Waals surface area contributed by atoms with Crippen molar-refractivity contribution in [2.75, 3.05) is 12.0 Å². The quantitative estimate of drug-likeness (QED) is 0.233. The van der Waals surface area contributed by atoms with Gasteiger partial charge in [-0.3, -0.25) is 14.9 Å². The second-order valence-electron chi connectivity index (χ2n) is 9.42. The first-order chi connectivity index (χ1) is 16.1. The number of nitrogens with one attached hydrogen (secondary N) is 1. The van der Waals surface area contributed by atoms with E-state index in [1.54, 1.807) is 4.68 Å². The van der Waals surface area contributed by atoms with Gasteiger partial charge in [0.05, 0.1) is 0 Å². The van der Waals surface area contributed by atoms with Gasteiger partial charge >= 0.3 is 0 Å². The van der Waals surface area contributed by atoms with Crippen molar-refractivity contribution in [1.82, 2.24) is 4.68 Å². The maximum Gasteiger partial charge on any atom is 0.276 e. The summed E-state index contributed by atoms with van der Waals surface area (Å²) in [6, 6.07) is 12.1. The Morgan fingerprint density at radius 3 is 1.91 bits per heavy atom. The SMILES string of the molecule is CCCCCCCCCCCCCCCc1cccc(OCC(=O)Nn2c(C)ccc2C)c1. The molecule has 0 saturated carbocycles. The van der Waals surface area contributed by atoms with Gasteiger partial charge in [0.15, 0.2) is 6.61 Å². The van der Waals surface area contributed by atoms with Crippen molar-refractivity contribution < 1.29 is 9.53 Å². The number of benzene rings is 1. The Labute approximate surface area is 202 Å². The van der Waals surface area contributed by atoms with Gasteiger partial charge < -0.3 is 4.74 Å². The first kappa shape index (κ1) is 27.0. The fourth-order valence-corrected chi connectivity index (χ4v) is 4.29. The minimum Gasteiger partial charge on any atom is -0.484 e. The van der Waals surface area contributed by atoms with Crippen molar-refractivity contribution in [3.05, 3.63) is 53.3 Å². The summed E-state index contributed by atoms with van der Waals surface area (Å²) in [6.07, 6.45) is 19.0. The lowest BCUT2D eigenvalue weighted by Gasteiger charge is -2.12. The molecule has 0 atom stereocenters. The molecule has 0 aliphatic heterocycles. The average molecular weight is 455 g/mol. The molecule has 0 aliphatic carbocycles. The van der Waals surface area contributed by atoms with Crippen LogP contribution in [0.4, 0.5) is 0 Å². The van der Waals surface area contributed by atoms with E-state index < -0.39 is 0 Å². The minimum atomic E-state index is -0.153. The molecule has 0 bridgehead atoms. The zero-order chi connectivity index (χ0) is 23.7. The predicted molar refractivity (Wildman–Crippen MR) is 140 cm³/mol. The largest absolute Gasteiger partial charge is 0.484 e. The first-order valence-electron chi connectivity index (χ1n) is 13.3. The van der Waals surface area contributed by atoms with Crippen molar-refractivity contribution in [3.63, 3.8) is 0 Å². The van der Waals surface area contributed by atoms with Crippen LogP contribution in [0.2, 0.25) is 0 Å². The third-order valence-corrected chi connectivity index (χ3v) is 6.35. The summed E-state index contributed by atoms with van der Waals surface area (Å²) in [7, 11) is 0. The monoisotopic (exact) mass is 454 g/mol. The summed E-state index contributed by atoms with van der Waals surface area (Å²) in [6.45, 7) is 6.23. The molecule has 0 spiro atoms. The van der Waals surface area contributed by atoms with Crippen LogP contribution in [0.3, 0.4) is 0 Å². The van der Waals surface area contributed by atoms with E-state index in [0.29, 0.717) is 0 Å². The molecule has 184 valence electrons. The molecule has 1 aromatic carbocycles. The maximum absolute atomic E-state index is 12.2. The molecule has 0 unspecified atom stereocenters. The van der Waals surface area contributed by atoms with Crippen LogP contribution in [0.25, 0.3) is 0 Å². The van der Waals surface area contributed by atoms with Crippen LogP contribution < -0.4 is 10.2 Å². The van der Waals surface area contributed by atoms with E-state index in [1.807, 2.05) is 38.1 Å². The fraction of sp³-hybridized carbons (Fsp3) is 0.621. The Bertz CT molecular complexity index is 777. The number of aromatic nitrogens is 1. The summed E-state index contributed by atoms with van der Waals surface area (Å²) < 4.78 is 7.52. The highest BCUT2D eigenvalue weighted by atomic mass is 16.5. The zero-order valence-electron chi connectivity index (χ0n) is 21.3. The van der Waals surface area contributed by atoms with Crippen LogP contribution in [0.15, 0.2) is 36.4 Å².